The van der Waals surface area contributed by atoms with Gasteiger partial charge in [0.2, 0.25) is 0 Å². The van der Waals surface area contributed by atoms with E-state index in [0.29, 0.717) is 11.6 Å². The van der Waals surface area contributed by atoms with E-state index >= 15 is 0 Å². The molecule has 0 radical (unpaired) electrons. The zero-order chi connectivity index (χ0) is 12.3. The summed E-state index contributed by atoms with van der Waals surface area (Å²) in [5, 5.41) is 14.3. The topological polar surface area (TPSA) is 32.3 Å². The van der Waals surface area contributed by atoms with Crippen LogP contribution in [0.3, 0.4) is 0 Å². The Labute approximate surface area is 108 Å². The monoisotopic (exact) mass is 253 g/mol. The number of nitrogens with one attached hydrogen (secondary N) is 1. The Hall–Kier alpha value is -0.570. The molecule has 2 rings (SSSR count). The molecule has 94 valence electrons. The van der Waals surface area contributed by atoms with Crippen LogP contribution in [0.4, 0.5) is 0 Å². The van der Waals surface area contributed by atoms with E-state index in [1.807, 2.05) is 24.3 Å². The molecule has 0 spiro atoms. The van der Waals surface area contributed by atoms with Crippen molar-refractivity contribution in [3.63, 3.8) is 0 Å². The van der Waals surface area contributed by atoms with E-state index in [2.05, 4.69) is 12.2 Å². The third-order valence-corrected chi connectivity index (χ3v) is 4.16. The Balaban J connectivity index is 1.88. The first-order valence-corrected chi connectivity index (χ1v) is 6.71. The minimum absolute atomic E-state index is 0.285. The molecule has 3 heteroatoms. The summed E-state index contributed by atoms with van der Waals surface area (Å²) in [6, 6.07) is 7.40. The number of benzene rings is 1. The molecule has 0 saturated heterocycles. The lowest BCUT2D eigenvalue weighted by atomic mass is 9.75. The van der Waals surface area contributed by atoms with Crippen LogP contribution in [0.2, 0.25) is 5.02 Å². The molecular formula is C14H20ClNO. The summed E-state index contributed by atoms with van der Waals surface area (Å²) in [5.41, 5.74) is 1.21. The fraction of sp³-hybridized carbons (Fsp3) is 0.571. The summed E-state index contributed by atoms with van der Waals surface area (Å²) in [4.78, 5) is 0. The lowest BCUT2D eigenvalue weighted by molar-refractivity contribution is 0.119. The van der Waals surface area contributed by atoms with Crippen molar-refractivity contribution < 1.29 is 5.11 Å². The number of halogens is 1. The average Bonchev–Trinajstić information content (AvgIpc) is 2.29. The van der Waals surface area contributed by atoms with Gasteiger partial charge in [0.25, 0.3) is 0 Å². The SMILES string of the molecule is CCC1(NCC(O)c2ccc(Cl)cc2)CCC1. The normalized spacial score (nSPS) is 19.7. The predicted molar refractivity (Wildman–Crippen MR) is 71.3 cm³/mol. The lowest BCUT2D eigenvalue weighted by Gasteiger charge is -2.42. The van der Waals surface area contributed by atoms with Crippen molar-refractivity contribution in [1.82, 2.24) is 5.32 Å². The van der Waals surface area contributed by atoms with Crippen molar-refractivity contribution in [3.8, 4) is 0 Å². The molecule has 1 aromatic carbocycles. The molecule has 0 bridgehead atoms. The minimum atomic E-state index is -0.448. The molecule has 2 nitrogen and oxygen atoms in total. The zero-order valence-corrected chi connectivity index (χ0v) is 11.0. The second-order valence-corrected chi connectivity index (χ2v) is 5.37. The molecule has 17 heavy (non-hydrogen) atoms. The molecule has 0 aromatic heterocycles. The Morgan fingerprint density at radius 2 is 2.00 bits per heavy atom. The standard InChI is InChI=1S/C14H20ClNO/c1-2-14(8-3-9-14)16-10-13(17)11-4-6-12(15)7-5-11/h4-7,13,16-17H,2-3,8-10H2,1H3. The van der Waals surface area contributed by atoms with Gasteiger partial charge in [-0.1, -0.05) is 30.7 Å². The molecule has 0 heterocycles. The van der Waals surface area contributed by atoms with Gasteiger partial charge in [-0.2, -0.15) is 0 Å². The highest BCUT2D eigenvalue weighted by Crippen LogP contribution is 2.34. The van der Waals surface area contributed by atoms with Crippen LogP contribution < -0.4 is 5.32 Å². The van der Waals surface area contributed by atoms with Gasteiger partial charge in [0, 0.05) is 17.1 Å². The van der Waals surface area contributed by atoms with Gasteiger partial charge in [-0.25, -0.2) is 0 Å². The quantitative estimate of drug-likeness (QED) is 0.844. The highest BCUT2D eigenvalue weighted by Gasteiger charge is 2.34. The van der Waals surface area contributed by atoms with Gasteiger partial charge < -0.3 is 10.4 Å². The fourth-order valence-corrected chi connectivity index (χ4v) is 2.50. The molecule has 1 aliphatic rings. The largest absolute Gasteiger partial charge is 0.387 e. The lowest BCUT2D eigenvalue weighted by Crippen LogP contribution is -2.51. The van der Waals surface area contributed by atoms with Gasteiger partial charge in [-0.15, -0.1) is 0 Å². The second-order valence-electron chi connectivity index (χ2n) is 4.94. The molecule has 1 fully saturated rings. The zero-order valence-electron chi connectivity index (χ0n) is 10.2. The Morgan fingerprint density at radius 1 is 1.35 bits per heavy atom. The van der Waals surface area contributed by atoms with Crippen molar-refractivity contribution in [2.45, 2.75) is 44.2 Å². The molecule has 0 aliphatic heterocycles. The summed E-state index contributed by atoms with van der Waals surface area (Å²) in [6.07, 6.45) is 4.46. The highest BCUT2D eigenvalue weighted by molar-refractivity contribution is 6.30. The third-order valence-electron chi connectivity index (χ3n) is 3.91. The fourth-order valence-electron chi connectivity index (χ4n) is 2.37. The summed E-state index contributed by atoms with van der Waals surface area (Å²) in [7, 11) is 0. The van der Waals surface area contributed by atoms with Crippen molar-refractivity contribution in [2.24, 2.45) is 0 Å². The number of rotatable bonds is 5. The molecular weight excluding hydrogens is 234 g/mol. The van der Waals surface area contributed by atoms with E-state index in [-0.39, 0.29) is 5.54 Å². The van der Waals surface area contributed by atoms with Crippen molar-refractivity contribution in [2.75, 3.05) is 6.54 Å². The number of hydrogen-bond acceptors (Lipinski definition) is 2. The average molecular weight is 254 g/mol. The molecule has 1 saturated carbocycles. The van der Waals surface area contributed by atoms with Gasteiger partial charge in [-0.05, 0) is 43.4 Å². The van der Waals surface area contributed by atoms with E-state index in [1.165, 1.54) is 19.3 Å². The van der Waals surface area contributed by atoms with Gasteiger partial charge in [0.1, 0.15) is 0 Å². The van der Waals surface area contributed by atoms with Crippen LogP contribution in [-0.4, -0.2) is 17.2 Å². The summed E-state index contributed by atoms with van der Waals surface area (Å²) in [6.45, 7) is 2.83. The molecule has 2 N–H and O–H groups in total. The first kappa shape index (κ1) is 12.9. The predicted octanol–water partition coefficient (Wildman–Crippen LogP) is 3.30. The molecule has 0 amide bonds. The number of aliphatic hydroxyl groups excluding tert-OH is 1. The second kappa shape index (κ2) is 5.38. The maximum absolute atomic E-state index is 10.1. The van der Waals surface area contributed by atoms with Crippen LogP contribution in [0.5, 0.6) is 0 Å². The maximum atomic E-state index is 10.1. The Morgan fingerprint density at radius 3 is 2.47 bits per heavy atom. The van der Waals surface area contributed by atoms with E-state index < -0.39 is 6.10 Å². The third kappa shape index (κ3) is 3.01. The molecule has 1 aliphatic carbocycles. The minimum Gasteiger partial charge on any atom is -0.387 e. The van der Waals surface area contributed by atoms with Crippen LogP contribution in [0.15, 0.2) is 24.3 Å². The van der Waals surface area contributed by atoms with Crippen molar-refractivity contribution in [3.05, 3.63) is 34.9 Å². The first-order chi connectivity index (χ1) is 8.15. The smallest absolute Gasteiger partial charge is 0.0914 e. The Bertz CT molecular complexity index is 353. The van der Waals surface area contributed by atoms with Gasteiger partial charge in [0.05, 0.1) is 6.10 Å². The van der Waals surface area contributed by atoms with Crippen molar-refractivity contribution in [1.29, 1.82) is 0 Å². The van der Waals surface area contributed by atoms with E-state index in [9.17, 15) is 5.11 Å². The highest BCUT2D eigenvalue weighted by atomic mass is 35.5. The van der Waals surface area contributed by atoms with Crippen LogP contribution in [-0.2, 0) is 0 Å². The molecule has 1 atom stereocenters. The molecule has 1 aromatic rings. The van der Waals surface area contributed by atoms with Crippen LogP contribution >= 0.6 is 11.6 Å². The van der Waals surface area contributed by atoms with E-state index in [4.69, 9.17) is 11.6 Å². The Kier molecular flexibility index (Phi) is 4.08. The van der Waals surface area contributed by atoms with Gasteiger partial charge in [-0.3, -0.25) is 0 Å². The summed E-state index contributed by atoms with van der Waals surface area (Å²) < 4.78 is 0. The number of β-amino-alcohol motifs (C(OH)–C–C–N with tert-alkyl or cyclic N) is 1. The van der Waals surface area contributed by atoms with Gasteiger partial charge in [0.15, 0.2) is 0 Å². The first-order valence-electron chi connectivity index (χ1n) is 6.34. The van der Waals surface area contributed by atoms with Gasteiger partial charge >= 0.3 is 0 Å². The maximum Gasteiger partial charge on any atom is 0.0914 e. The van der Waals surface area contributed by atoms with Crippen LogP contribution in [0, 0.1) is 0 Å². The number of aliphatic hydroxyl groups is 1. The molecule has 1 unspecified atom stereocenters. The van der Waals surface area contributed by atoms with Crippen LogP contribution in [0.25, 0.3) is 0 Å². The van der Waals surface area contributed by atoms with Crippen LogP contribution in [0.1, 0.15) is 44.3 Å². The summed E-state index contributed by atoms with van der Waals surface area (Å²) >= 11 is 5.82. The summed E-state index contributed by atoms with van der Waals surface area (Å²) in [5.74, 6) is 0. The van der Waals surface area contributed by atoms with E-state index in [0.717, 1.165) is 12.0 Å². The number of hydrogen-bond donors (Lipinski definition) is 2. The van der Waals surface area contributed by atoms with Crippen molar-refractivity contribution >= 4 is 11.6 Å². The van der Waals surface area contributed by atoms with E-state index in [1.54, 1.807) is 0 Å².